The topological polar surface area (TPSA) is 49.4 Å². The minimum Gasteiger partial charge on any atom is -0.311 e. The zero-order valence-electron chi connectivity index (χ0n) is 12.8. The van der Waals surface area contributed by atoms with Crippen molar-refractivity contribution in [3.8, 4) is 0 Å². The van der Waals surface area contributed by atoms with Crippen LogP contribution in [0.25, 0.3) is 0 Å². The summed E-state index contributed by atoms with van der Waals surface area (Å²) in [5.41, 5.74) is 0.793. The lowest BCUT2D eigenvalue weighted by Gasteiger charge is -2.35. The molecule has 0 spiro atoms. The molecule has 2 aliphatic rings. The number of aryl methyl sites for hydroxylation is 1. The van der Waals surface area contributed by atoms with Crippen LogP contribution >= 0.6 is 28.3 Å². The Kier molecular flexibility index (Phi) is 5.60. The SMILES string of the molecule is Cc1ccc(Br)cc1S(=O)(=O)N(C)C1CC2CCC(C1)N2.Cl. The lowest BCUT2D eigenvalue weighted by molar-refractivity contribution is 0.251. The molecule has 2 bridgehead atoms. The van der Waals surface area contributed by atoms with Crippen LogP contribution in [0, 0.1) is 6.92 Å². The number of fused-ring (bicyclic) bond motifs is 2. The predicted octanol–water partition coefficient (Wildman–Crippen LogP) is 3.08. The number of hydrogen-bond acceptors (Lipinski definition) is 3. The smallest absolute Gasteiger partial charge is 0.243 e. The second-order valence-corrected chi connectivity index (χ2v) is 9.08. The molecule has 2 atom stereocenters. The predicted molar refractivity (Wildman–Crippen MR) is 94.0 cm³/mol. The van der Waals surface area contributed by atoms with Crippen molar-refractivity contribution in [1.29, 1.82) is 0 Å². The van der Waals surface area contributed by atoms with Gasteiger partial charge in [0.05, 0.1) is 4.90 Å². The first-order chi connectivity index (χ1) is 9.88. The van der Waals surface area contributed by atoms with Crippen molar-refractivity contribution >= 4 is 38.4 Å². The Bertz CT molecular complexity index is 641. The molecule has 1 N–H and O–H groups in total. The standard InChI is InChI=1S/C15H21BrN2O2S.ClH/c1-10-3-4-11(16)7-15(10)21(19,20)18(2)14-8-12-5-6-13(9-14)17-12;/h3-4,7,12-14,17H,5-6,8-9H2,1-2H3;1H. The van der Waals surface area contributed by atoms with E-state index in [1.807, 2.05) is 19.1 Å². The van der Waals surface area contributed by atoms with E-state index in [4.69, 9.17) is 0 Å². The third-order valence-electron chi connectivity index (χ3n) is 4.77. The molecule has 0 radical (unpaired) electrons. The molecule has 22 heavy (non-hydrogen) atoms. The van der Waals surface area contributed by atoms with Crippen LogP contribution in [0.2, 0.25) is 0 Å². The average Bonchev–Trinajstić information content (AvgIpc) is 2.79. The van der Waals surface area contributed by atoms with Gasteiger partial charge in [0, 0.05) is 29.6 Å². The van der Waals surface area contributed by atoms with Gasteiger partial charge >= 0.3 is 0 Å². The van der Waals surface area contributed by atoms with Gasteiger partial charge in [0.25, 0.3) is 0 Å². The highest BCUT2D eigenvalue weighted by Gasteiger charge is 2.39. The molecular weight excluding hydrogens is 388 g/mol. The first-order valence-corrected chi connectivity index (χ1v) is 9.61. The third-order valence-corrected chi connectivity index (χ3v) is 7.31. The van der Waals surface area contributed by atoms with Crippen molar-refractivity contribution < 1.29 is 8.42 Å². The van der Waals surface area contributed by atoms with E-state index in [1.54, 1.807) is 17.4 Å². The summed E-state index contributed by atoms with van der Waals surface area (Å²) in [5.74, 6) is 0. The molecule has 0 amide bonds. The number of halogens is 2. The van der Waals surface area contributed by atoms with E-state index >= 15 is 0 Å². The van der Waals surface area contributed by atoms with Crippen molar-refractivity contribution in [3.05, 3.63) is 28.2 Å². The van der Waals surface area contributed by atoms with Gasteiger partial charge in [-0.2, -0.15) is 4.31 Å². The molecule has 2 saturated heterocycles. The molecule has 4 nitrogen and oxygen atoms in total. The number of sulfonamides is 1. The highest BCUT2D eigenvalue weighted by atomic mass is 79.9. The molecule has 7 heteroatoms. The first-order valence-electron chi connectivity index (χ1n) is 7.38. The van der Waals surface area contributed by atoms with E-state index < -0.39 is 10.0 Å². The van der Waals surface area contributed by atoms with E-state index in [1.165, 1.54) is 12.8 Å². The number of rotatable bonds is 3. The summed E-state index contributed by atoms with van der Waals surface area (Å²) in [6.45, 7) is 1.85. The van der Waals surface area contributed by atoms with Gasteiger partial charge in [0.1, 0.15) is 0 Å². The van der Waals surface area contributed by atoms with Crippen LogP contribution in [-0.4, -0.2) is 37.9 Å². The Morgan fingerprint density at radius 1 is 1.23 bits per heavy atom. The van der Waals surface area contributed by atoms with Crippen LogP contribution in [0.4, 0.5) is 0 Å². The largest absolute Gasteiger partial charge is 0.311 e. The van der Waals surface area contributed by atoms with E-state index in [0.717, 1.165) is 22.9 Å². The van der Waals surface area contributed by atoms with Gasteiger partial charge in [-0.25, -0.2) is 8.42 Å². The summed E-state index contributed by atoms with van der Waals surface area (Å²) in [7, 11) is -1.71. The van der Waals surface area contributed by atoms with Crippen molar-refractivity contribution in [2.75, 3.05) is 7.05 Å². The van der Waals surface area contributed by atoms with Gasteiger partial charge in [-0.1, -0.05) is 22.0 Å². The Hall–Kier alpha value is -0.140. The lowest BCUT2D eigenvalue weighted by Crippen LogP contribution is -2.48. The van der Waals surface area contributed by atoms with Gasteiger partial charge < -0.3 is 5.32 Å². The summed E-state index contributed by atoms with van der Waals surface area (Å²) in [6, 6.07) is 6.49. The molecule has 0 aliphatic carbocycles. The Labute approximate surface area is 147 Å². The minimum absolute atomic E-state index is 0. The maximum absolute atomic E-state index is 12.9. The van der Waals surface area contributed by atoms with Crippen molar-refractivity contribution in [2.45, 2.75) is 55.6 Å². The van der Waals surface area contributed by atoms with Crippen LogP contribution < -0.4 is 5.32 Å². The number of piperidine rings is 1. The number of nitrogens with zero attached hydrogens (tertiary/aromatic N) is 1. The molecular formula is C15H22BrClN2O2S. The zero-order valence-corrected chi connectivity index (χ0v) is 16.0. The molecule has 0 saturated carbocycles. The molecule has 1 aromatic rings. The fourth-order valence-corrected chi connectivity index (χ4v) is 5.67. The highest BCUT2D eigenvalue weighted by Crippen LogP contribution is 2.32. The summed E-state index contributed by atoms with van der Waals surface area (Å²) in [5, 5.41) is 3.56. The van der Waals surface area contributed by atoms with Crippen molar-refractivity contribution in [1.82, 2.24) is 9.62 Å². The lowest BCUT2D eigenvalue weighted by atomic mass is 10.0. The Balaban J connectivity index is 0.00000176. The Morgan fingerprint density at radius 2 is 1.82 bits per heavy atom. The molecule has 2 heterocycles. The molecule has 0 aromatic heterocycles. The third kappa shape index (κ3) is 3.36. The quantitative estimate of drug-likeness (QED) is 0.834. The zero-order chi connectivity index (χ0) is 15.2. The fraction of sp³-hybridized carbons (Fsp3) is 0.600. The number of nitrogens with one attached hydrogen (secondary N) is 1. The van der Waals surface area contributed by atoms with E-state index in [9.17, 15) is 8.42 Å². The molecule has 2 aliphatic heterocycles. The van der Waals surface area contributed by atoms with Gasteiger partial charge in [0.2, 0.25) is 10.0 Å². The Morgan fingerprint density at radius 3 is 2.41 bits per heavy atom. The molecule has 2 fully saturated rings. The van der Waals surface area contributed by atoms with Crippen LogP contribution in [0.3, 0.4) is 0 Å². The summed E-state index contributed by atoms with van der Waals surface area (Å²) in [6.07, 6.45) is 4.18. The summed E-state index contributed by atoms with van der Waals surface area (Å²) >= 11 is 3.37. The molecule has 2 unspecified atom stereocenters. The minimum atomic E-state index is -3.44. The molecule has 1 aromatic carbocycles. The van der Waals surface area contributed by atoms with Gasteiger partial charge in [0.15, 0.2) is 0 Å². The molecule has 124 valence electrons. The van der Waals surface area contributed by atoms with Crippen molar-refractivity contribution in [2.24, 2.45) is 0 Å². The van der Waals surface area contributed by atoms with E-state index in [0.29, 0.717) is 17.0 Å². The number of hydrogen-bond donors (Lipinski definition) is 1. The number of benzene rings is 1. The normalized spacial score (nSPS) is 27.7. The van der Waals surface area contributed by atoms with Crippen molar-refractivity contribution in [3.63, 3.8) is 0 Å². The van der Waals surface area contributed by atoms with Crippen LogP contribution in [-0.2, 0) is 10.0 Å². The van der Waals surface area contributed by atoms with Crippen LogP contribution in [0.15, 0.2) is 27.6 Å². The highest BCUT2D eigenvalue weighted by molar-refractivity contribution is 9.10. The monoisotopic (exact) mass is 408 g/mol. The summed E-state index contributed by atoms with van der Waals surface area (Å²) in [4.78, 5) is 0.408. The van der Waals surface area contributed by atoms with E-state index in [-0.39, 0.29) is 18.4 Å². The average molecular weight is 410 g/mol. The summed E-state index contributed by atoms with van der Waals surface area (Å²) < 4.78 is 28.2. The second-order valence-electron chi connectivity index (χ2n) is 6.19. The first kappa shape index (κ1) is 18.2. The maximum Gasteiger partial charge on any atom is 0.243 e. The fourth-order valence-electron chi connectivity index (χ4n) is 3.53. The second kappa shape index (κ2) is 6.77. The molecule has 3 rings (SSSR count). The van der Waals surface area contributed by atoms with Gasteiger partial charge in [-0.05, 0) is 50.3 Å². The van der Waals surface area contributed by atoms with Crippen LogP contribution in [0.5, 0.6) is 0 Å². The van der Waals surface area contributed by atoms with Crippen LogP contribution in [0.1, 0.15) is 31.2 Å². The van der Waals surface area contributed by atoms with Gasteiger partial charge in [-0.15, -0.1) is 12.4 Å². The maximum atomic E-state index is 12.9. The van der Waals surface area contributed by atoms with Gasteiger partial charge in [-0.3, -0.25) is 0 Å². The van der Waals surface area contributed by atoms with E-state index in [2.05, 4.69) is 21.2 Å².